The fourth-order valence-corrected chi connectivity index (χ4v) is 2.58. The van der Waals surface area contributed by atoms with Gasteiger partial charge in [0.05, 0.1) is 11.0 Å². The highest BCUT2D eigenvalue weighted by atomic mass is 32.1. The molecular weight excluding hydrogens is 270 g/mol. The number of fused-ring (bicyclic) bond motifs is 1. The molecule has 4 nitrogen and oxygen atoms in total. The number of H-pyrrole nitrogens is 1. The minimum atomic E-state index is 0.407. The van der Waals surface area contributed by atoms with Crippen molar-refractivity contribution in [3.05, 3.63) is 59.4 Å². The Balaban J connectivity index is 2.19. The monoisotopic (exact) mass is 283 g/mol. The van der Waals surface area contributed by atoms with Crippen LogP contribution in [0.2, 0.25) is 0 Å². The van der Waals surface area contributed by atoms with Gasteiger partial charge in [0.2, 0.25) is 0 Å². The molecule has 0 fully saturated rings. The fourth-order valence-electron chi connectivity index (χ4n) is 2.14. The van der Waals surface area contributed by atoms with Crippen LogP contribution in [0.15, 0.2) is 42.5 Å². The lowest BCUT2D eigenvalue weighted by atomic mass is 10.1. The van der Waals surface area contributed by atoms with Crippen molar-refractivity contribution in [3.63, 3.8) is 0 Å². The Kier molecular flexibility index (Phi) is 3.12. The molecule has 0 aliphatic rings. The number of nitrogens with zero attached hydrogens (tertiary/aromatic N) is 1. The number of nitrogens with one attached hydrogen (secondary N) is 1. The second-order valence-electron chi connectivity index (χ2n) is 4.61. The molecule has 0 aliphatic carbocycles. The molecule has 2 aromatic carbocycles. The molecule has 3 N–H and O–H groups in total. The Hall–Kier alpha value is -2.40. The van der Waals surface area contributed by atoms with Gasteiger partial charge in [-0.05, 0) is 31.2 Å². The van der Waals surface area contributed by atoms with Crippen molar-refractivity contribution in [2.75, 3.05) is 5.73 Å². The van der Waals surface area contributed by atoms with E-state index in [0.29, 0.717) is 27.6 Å². The number of hydrogen-bond donors (Lipinski definition) is 2. The summed E-state index contributed by atoms with van der Waals surface area (Å²) in [6.45, 7) is 1.97. The van der Waals surface area contributed by atoms with Gasteiger partial charge in [0, 0.05) is 11.3 Å². The maximum atomic E-state index is 11.5. The summed E-state index contributed by atoms with van der Waals surface area (Å²) in [5, 5.41) is 0. The molecule has 0 aliphatic heterocycles. The molecule has 1 heterocycles. The molecule has 1 aromatic heterocycles. The van der Waals surface area contributed by atoms with Crippen LogP contribution in [0.4, 0.5) is 5.69 Å². The average Bonchev–Trinajstić information content (AvgIpc) is 2.87. The molecule has 3 rings (SSSR count). The van der Waals surface area contributed by atoms with E-state index in [-0.39, 0.29) is 0 Å². The second kappa shape index (κ2) is 4.94. The highest BCUT2D eigenvalue weighted by molar-refractivity contribution is 7.67. The van der Waals surface area contributed by atoms with Crippen molar-refractivity contribution in [2.24, 2.45) is 0 Å². The predicted octanol–water partition coefficient (Wildman–Crippen LogP) is 2.24. The van der Waals surface area contributed by atoms with E-state index in [1.807, 2.05) is 49.4 Å². The van der Waals surface area contributed by atoms with E-state index in [1.54, 1.807) is 0 Å². The third kappa shape index (κ3) is 2.12. The van der Waals surface area contributed by atoms with E-state index < -0.39 is 0 Å². The Bertz CT molecular complexity index is 814. The normalized spacial score (nSPS) is 10.7. The molecule has 0 spiro atoms. The fraction of sp³-hybridized carbons (Fsp3) is 0.0667. The predicted molar refractivity (Wildman–Crippen MR) is 83.0 cm³/mol. The van der Waals surface area contributed by atoms with Crippen LogP contribution in [0.3, 0.4) is 0 Å². The first-order chi connectivity index (χ1) is 9.69. The zero-order valence-corrected chi connectivity index (χ0v) is 11.7. The summed E-state index contributed by atoms with van der Waals surface area (Å²) in [5.74, 6) is 0.559. The van der Waals surface area contributed by atoms with Crippen molar-refractivity contribution in [1.82, 2.24) is 9.97 Å². The topological polar surface area (TPSA) is 71.8 Å². The zero-order chi connectivity index (χ0) is 14.1. The van der Waals surface area contributed by atoms with Gasteiger partial charge >= 0.3 is 0 Å². The number of aromatic amines is 1. The number of imidazole rings is 1. The van der Waals surface area contributed by atoms with Gasteiger partial charge in [0.25, 0.3) is 0 Å². The van der Waals surface area contributed by atoms with Crippen LogP contribution in [-0.2, 0) is 11.3 Å². The van der Waals surface area contributed by atoms with Crippen LogP contribution < -0.4 is 5.73 Å². The van der Waals surface area contributed by atoms with E-state index in [0.717, 1.165) is 22.2 Å². The maximum absolute atomic E-state index is 11.5. The Morgan fingerprint density at radius 3 is 2.80 bits per heavy atom. The molecular formula is C15H13N3OS. The highest BCUT2D eigenvalue weighted by Crippen LogP contribution is 2.19. The second-order valence-corrected chi connectivity index (χ2v) is 5.18. The lowest BCUT2D eigenvalue weighted by Gasteiger charge is -2.05. The van der Waals surface area contributed by atoms with Crippen LogP contribution in [-0.4, -0.2) is 19.0 Å². The molecule has 0 radical (unpaired) electrons. The summed E-state index contributed by atoms with van der Waals surface area (Å²) in [5.41, 5.74) is 10.1. The molecule has 3 aromatic rings. The first kappa shape index (κ1) is 12.6. The molecule has 0 atom stereocenters. The van der Waals surface area contributed by atoms with Gasteiger partial charge in [0.1, 0.15) is 16.1 Å². The molecule has 20 heavy (non-hydrogen) atoms. The van der Waals surface area contributed by atoms with E-state index in [9.17, 15) is 4.21 Å². The van der Waals surface area contributed by atoms with Gasteiger partial charge in [-0.15, -0.1) is 0 Å². The number of anilines is 1. The lowest BCUT2D eigenvalue weighted by Crippen LogP contribution is -2.08. The summed E-state index contributed by atoms with van der Waals surface area (Å²) >= 11 is 0.407. The smallest absolute Gasteiger partial charge is 0.152 e. The number of benzene rings is 2. The Labute approximate surface area is 119 Å². The van der Waals surface area contributed by atoms with Crippen LogP contribution in [0.5, 0.6) is 0 Å². The number of rotatable bonds is 2. The molecule has 100 valence electrons. The average molecular weight is 283 g/mol. The van der Waals surface area contributed by atoms with Gasteiger partial charge < -0.3 is 10.7 Å². The number of aromatic nitrogens is 2. The van der Waals surface area contributed by atoms with Gasteiger partial charge in [-0.3, -0.25) is 0 Å². The third-order valence-corrected chi connectivity index (χ3v) is 3.72. The standard InChI is InChI=1S/C15H13N3OS/c1-9-6-7-11(16)10(8-9)14(20-19)15-17-12-4-2-3-5-13(12)18-15/h2-8H,16H2,1H3,(H,17,18). The molecule has 0 bridgehead atoms. The van der Waals surface area contributed by atoms with Crippen molar-refractivity contribution >= 4 is 32.8 Å². The summed E-state index contributed by atoms with van der Waals surface area (Å²) in [6, 6.07) is 13.3. The minimum Gasteiger partial charge on any atom is -0.398 e. The molecule has 0 saturated heterocycles. The third-order valence-electron chi connectivity index (χ3n) is 3.14. The van der Waals surface area contributed by atoms with Crippen LogP contribution >= 0.6 is 0 Å². The summed E-state index contributed by atoms with van der Waals surface area (Å²) in [6.07, 6.45) is 0. The Morgan fingerprint density at radius 2 is 2.05 bits per heavy atom. The molecule has 5 heteroatoms. The maximum Gasteiger partial charge on any atom is 0.152 e. The summed E-state index contributed by atoms with van der Waals surface area (Å²) < 4.78 is 11.5. The minimum absolute atomic E-state index is 0.407. The number of hydrogen-bond acceptors (Lipinski definition) is 3. The zero-order valence-electron chi connectivity index (χ0n) is 10.9. The first-order valence-corrected chi connectivity index (χ1v) is 6.91. The van der Waals surface area contributed by atoms with Gasteiger partial charge in [-0.2, -0.15) is 0 Å². The Morgan fingerprint density at radius 1 is 1.25 bits per heavy atom. The quantitative estimate of drug-likeness (QED) is 0.430. The molecule has 0 unspecified atom stereocenters. The molecule has 0 saturated carbocycles. The SMILES string of the molecule is Cc1ccc(N)c(C(=S=O)c2nc3ccccc3[nH]2)c1. The van der Waals surface area contributed by atoms with Crippen LogP contribution in [0.1, 0.15) is 17.0 Å². The van der Waals surface area contributed by atoms with Crippen LogP contribution in [0.25, 0.3) is 11.0 Å². The lowest BCUT2D eigenvalue weighted by molar-refractivity contribution is 0.701. The van der Waals surface area contributed by atoms with Gasteiger partial charge in [0.15, 0.2) is 5.82 Å². The number of aryl methyl sites for hydroxylation is 1. The highest BCUT2D eigenvalue weighted by Gasteiger charge is 2.14. The van der Waals surface area contributed by atoms with Crippen LogP contribution in [0, 0.1) is 6.92 Å². The van der Waals surface area contributed by atoms with Gasteiger partial charge in [-0.25, -0.2) is 9.19 Å². The number of nitrogens with two attached hydrogens (primary N) is 1. The van der Waals surface area contributed by atoms with E-state index in [1.165, 1.54) is 0 Å². The first-order valence-electron chi connectivity index (χ1n) is 6.17. The van der Waals surface area contributed by atoms with E-state index >= 15 is 0 Å². The number of nitrogen functional groups attached to an aromatic ring is 1. The van der Waals surface area contributed by atoms with Gasteiger partial charge in [-0.1, -0.05) is 23.8 Å². The van der Waals surface area contributed by atoms with Crippen molar-refractivity contribution in [2.45, 2.75) is 6.92 Å². The summed E-state index contributed by atoms with van der Waals surface area (Å²) in [4.78, 5) is 8.15. The largest absolute Gasteiger partial charge is 0.398 e. The van der Waals surface area contributed by atoms with E-state index in [4.69, 9.17) is 5.73 Å². The van der Waals surface area contributed by atoms with Crippen molar-refractivity contribution in [1.29, 1.82) is 0 Å². The van der Waals surface area contributed by atoms with Crippen molar-refractivity contribution in [3.8, 4) is 0 Å². The number of para-hydroxylation sites is 2. The van der Waals surface area contributed by atoms with E-state index in [2.05, 4.69) is 9.97 Å². The van der Waals surface area contributed by atoms with Crippen molar-refractivity contribution < 1.29 is 4.21 Å². The summed E-state index contributed by atoms with van der Waals surface area (Å²) in [7, 11) is 0. The molecule has 0 amide bonds.